The molecule has 6 heteroatoms. The average molecular weight is 260 g/mol. The summed E-state index contributed by atoms with van der Waals surface area (Å²) < 4.78 is 10.7. The Morgan fingerprint density at radius 1 is 1.24 bits per heavy atom. The summed E-state index contributed by atoms with van der Waals surface area (Å²) in [7, 11) is 0. The monoisotopic (exact) mass is 259 g/mol. The third-order valence-electron chi connectivity index (χ3n) is 3.36. The smallest absolute Gasteiger partial charge is 0.243 e. The lowest BCUT2D eigenvalue weighted by molar-refractivity contribution is 0.192. The lowest BCUT2D eigenvalue weighted by atomic mass is 10.1. The summed E-state index contributed by atoms with van der Waals surface area (Å²) in [6.45, 7) is 2.60. The van der Waals surface area contributed by atoms with Crippen molar-refractivity contribution in [3.8, 4) is 0 Å². The lowest BCUT2D eigenvalue weighted by Gasteiger charge is -2.19. The summed E-state index contributed by atoms with van der Waals surface area (Å²) in [4.78, 5) is 4.50. The second-order valence-electron chi connectivity index (χ2n) is 4.55. The van der Waals surface area contributed by atoms with Gasteiger partial charge in [0.15, 0.2) is 5.82 Å². The van der Waals surface area contributed by atoms with Gasteiger partial charge in [0.2, 0.25) is 5.89 Å². The predicted molar refractivity (Wildman–Crippen MR) is 64.3 cm³/mol. The highest BCUT2D eigenvalue weighted by atomic mass is 35.5. The van der Waals surface area contributed by atoms with Crippen LogP contribution in [0.25, 0.3) is 0 Å². The van der Waals surface area contributed by atoms with Gasteiger partial charge in [0.1, 0.15) is 0 Å². The molecule has 1 N–H and O–H groups in total. The Hall–Kier alpha value is -0.650. The van der Waals surface area contributed by atoms with Gasteiger partial charge in [-0.15, -0.1) is 12.4 Å². The molecule has 2 atom stereocenters. The van der Waals surface area contributed by atoms with Crippen LogP contribution < -0.4 is 5.32 Å². The van der Waals surface area contributed by atoms with E-state index in [0.29, 0.717) is 5.92 Å². The molecule has 0 spiro atoms. The van der Waals surface area contributed by atoms with Crippen molar-refractivity contribution in [1.29, 1.82) is 0 Å². The zero-order valence-electron chi connectivity index (χ0n) is 9.72. The maximum Gasteiger partial charge on any atom is 0.243 e. The largest absolute Gasteiger partial charge is 0.381 e. The number of hydrogen-bond donors (Lipinski definition) is 1. The van der Waals surface area contributed by atoms with Crippen molar-refractivity contribution < 1.29 is 9.26 Å². The Balaban J connectivity index is 0.00000108. The summed E-state index contributed by atoms with van der Waals surface area (Å²) in [5, 5.41) is 7.48. The number of aromatic nitrogens is 2. The molecular weight excluding hydrogens is 242 g/mol. The number of nitrogens with zero attached hydrogens (tertiary/aromatic N) is 2. The molecule has 96 valence electrons. The highest BCUT2D eigenvalue weighted by Gasteiger charge is 2.26. The molecule has 0 amide bonds. The van der Waals surface area contributed by atoms with Crippen molar-refractivity contribution in [2.75, 3.05) is 19.8 Å². The van der Waals surface area contributed by atoms with Gasteiger partial charge < -0.3 is 14.6 Å². The van der Waals surface area contributed by atoms with E-state index in [4.69, 9.17) is 9.26 Å². The van der Waals surface area contributed by atoms with Crippen LogP contribution in [0.5, 0.6) is 0 Å². The van der Waals surface area contributed by atoms with Crippen molar-refractivity contribution in [3.63, 3.8) is 0 Å². The van der Waals surface area contributed by atoms with Gasteiger partial charge in [-0.1, -0.05) is 11.6 Å². The Morgan fingerprint density at radius 3 is 2.88 bits per heavy atom. The first-order valence-electron chi connectivity index (χ1n) is 6.08. The van der Waals surface area contributed by atoms with E-state index in [1.165, 1.54) is 12.8 Å². The molecule has 2 unspecified atom stereocenters. The zero-order chi connectivity index (χ0) is 10.8. The number of nitrogens with one attached hydrogen (secondary N) is 1. The van der Waals surface area contributed by atoms with Crippen molar-refractivity contribution in [3.05, 3.63) is 11.7 Å². The van der Waals surface area contributed by atoms with E-state index in [9.17, 15) is 0 Å². The first-order chi connectivity index (χ1) is 7.93. The van der Waals surface area contributed by atoms with Crippen LogP contribution in [0.15, 0.2) is 4.52 Å². The molecule has 5 nitrogen and oxygen atoms in total. The number of rotatable bonds is 2. The van der Waals surface area contributed by atoms with Gasteiger partial charge in [0.25, 0.3) is 0 Å². The first kappa shape index (κ1) is 12.8. The molecule has 0 aromatic carbocycles. The number of hydrogen-bond acceptors (Lipinski definition) is 5. The molecule has 2 aliphatic heterocycles. The highest BCUT2D eigenvalue weighted by Crippen LogP contribution is 2.26. The standard InChI is InChI=1S/C11H17N3O2.ClH/c1-2-5-12-9(3-1)11-13-10(14-16-11)8-4-6-15-7-8;/h8-9,12H,1-7H2;1H. The summed E-state index contributed by atoms with van der Waals surface area (Å²) in [6.07, 6.45) is 4.59. The Kier molecular flexibility index (Phi) is 4.36. The van der Waals surface area contributed by atoms with E-state index in [0.717, 1.165) is 44.3 Å². The van der Waals surface area contributed by atoms with Crippen LogP contribution in [0.1, 0.15) is 49.4 Å². The Morgan fingerprint density at radius 2 is 2.18 bits per heavy atom. The molecular formula is C11H18ClN3O2. The average Bonchev–Trinajstić information content (AvgIpc) is 3.01. The van der Waals surface area contributed by atoms with Crippen molar-refractivity contribution in [1.82, 2.24) is 15.5 Å². The minimum Gasteiger partial charge on any atom is -0.381 e. The summed E-state index contributed by atoms with van der Waals surface area (Å²) >= 11 is 0. The summed E-state index contributed by atoms with van der Waals surface area (Å²) in [6, 6.07) is 0.261. The van der Waals surface area contributed by atoms with Gasteiger partial charge in [0.05, 0.1) is 12.6 Å². The number of halogens is 1. The number of piperidine rings is 1. The molecule has 2 fully saturated rings. The minimum absolute atomic E-state index is 0. The van der Waals surface area contributed by atoms with Crippen LogP contribution in [0.4, 0.5) is 0 Å². The van der Waals surface area contributed by atoms with E-state index in [-0.39, 0.29) is 18.4 Å². The summed E-state index contributed by atoms with van der Waals surface area (Å²) in [5.41, 5.74) is 0. The predicted octanol–water partition coefficient (Wildman–Crippen LogP) is 1.81. The maximum absolute atomic E-state index is 5.34. The SMILES string of the molecule is C1CCC(c2nc(C3CCOC3)no2)NC1.Cl. The molecule has 2 saturated heterocycles. The lowest BCUT2D eigenvalue weighted by Crippen LogP contribution is -2.27. The Labute approximate surface area is 107 Å². The van der Waals surface area contributed by atoms with Gasteiger partial charge in [-0.25, -0.2) is 0 Å². The molecule has 0 saturated carbocycles. The van der Waals surface area contributed by atoms with Gasteiger partial charge in [-0.3, -0.25) is 0 Å². The normalized spacial score (nSPS) is 28.9. The van der Waals surface area contributed by atoms with Crippen molar-refractivity contribution in [2.24, 2.45) is 0 Å². The van der Waals surface area contributed by atoms with Crippen LogP contribution in [0.2, 0.25) is 0 Å². The quantitative estimate of drug-likeness (QED) is 0.878. The van der Waals surface area contributed by atoms with E-state index in [1.54, 1.807) is 0 Å². The maximum atomic E-state index is 5.34. The van der Waals surface area contributed by atoms with Gasteiger partial charge >= 0.3 is 0 Å². The van der Waals surface area contributed by atoms with E-state index < -0.39 is 0 Å². The van der Waals surface area contributed by atoms with Gasteiger partial charge in [0, 0.05) is 12.5 Å². The second kappa shape index (κ2) is 5.80. The van der Waals surface area contributed by atoms with Crippen LogP contribution in [-0.2, 0) is 4.74 Å². The molecule has 2 aliphatic rings. The third-order valence-corrected chi connectivity index (χ3v) is 3.36. The molecule has 3 heterocycles. The fourth-order valence-corrected chi connectivity index (χ4v) is 2.36. The van der Waals surface area contributed by atoms with Crippen LogP contribution in [0, 0.1) is 0 Å². The minimum atomic E-state index is 0. The van der Waals surface area contributed by atoms with E-state index in [1.807, 2.05) is 0 Å². The highest BCUT2D eigenvalue weighted by molar-refractivity contribution is 5.85. The molecule has 3 rings (SSSR count). The Bertz CT molecular complexity index is 346. The summed E-state index contributed by atoms with van der Waals surface area (Å²) in [5.74, 6) is 1.91. The van der Waals surface area contributed by atoms with Gasteiger partial charge in [-0.05, 0) is 25.8 Å². The molecule has 0 bridgehead atoms. The fourth-order valence-electron chi connectivity index (χ4n) is 2.36. The third kappa shape index (κ3) is 2.78. The molecule has 17 heavy (non-hydrogen) atoms. The zero-order valence-corrected chi connectivity index (χ0v) is 10.5. The molecule has 1 aromatic heterocycles. The van der Waals surface area contributed by atoms with Crippen LogP contribution >= 0.6 is 12.4 Å². The van der Waals surface area contributed by atoms with Crippen molar-refractivity contribution in [2.45, 2.75) is 37.6 Å². The number of ether oxygens (including phenoxy) is 1. The first-order valence-corrected chi connectivity index (χ1v) is 6.08. The molecule has 1 aromatic rings. The van der Waals surface area contributed by atoms with E-state index >= 15 is 0 Å². The van der Waals surface area contributed by atoms with Crippen LogP contribution in [-0.4, -0.2) is 29.9 Å². The van der Waals surface area contributed by atoms with Crippen molar-refractivity contribution >= 4 is 12.4 Å². The van der Waals surface area contributed by atoms with E-state index in [2.05, 4.69) is 15.5 Å². The fraction of sp³-hybridized carbons (Fsp3) is 0.818. The molecule has 0 radical (unpaired) electrons. The second-order valence-corrected chi connectivity index (χ2v) is 4.55. The van der Waals surface area contributed by atoms with Crippen LogP contribution in [0.3, 0.4) is 0 Å². The molecule has 0 aliphatic carbocycles. The van der Waals surface area contributed by atoms with Gasteiger partial charge in [-0.2, -0.15) is 4.98 Å². The topological polar surface area (TPSA) is 60.2 Å².